The van der Waals surface area contributed by atoms with Gasteiger partial charge in [0.25, 0.3) is 5.91 Å². The van der Waals surface area contributed by atoms with E-state index in [1.807, 2.05) is 55.5 Å². The predicted octanol–water partition coefficient (Wildman–Crippen LogP) is 3.43. The third-order valence-electron chi connectivity index (χ3n) is 3.66. The average Bonchev–Trinajstić information content (AvgIpc) is 2.56. The molecule has 23 heavy (non-hydrogen) atoms. The average molecular weight is 313 g/mol. The van der Waals surface area contributed by atoms with Crippen LogP contribution in [0.3, 0.4) is 0 Å². The Hall–Kier alpha value is -2.49. The van der Waals surface area contributed by atoms with E-state index < -0.39 is 6.10 Å². The van der Waals surface area contributed by atoms with Crippen LogP contribution >= 0.6 is 0 Å². The van der Waals surface area contributed by atoms with Crippen LogP contribution in [0.15, 0.2) is 48.5 Å². The lowest BCUT2D eigenvalue weighted by atomic mass is 10.2. The van der Waals surface area contributed by atoms with Crippen molar-refractivity contribution in [2.24, 2.45) is 0 Å². The van der Waals surface area contributed by atoms with E-state index in [1.165, 1.54) is 0 Å². The lowest BCUT2D eigenvalue weighted by Crippen LogP contribution is -2.37. The van der Waals surface area contributed by atoms with Crippen LogP contribution in [-0.4, -0.2) is 31.1 Å². The molecule has 2 aromatic carbocycles. The number of likely N-dealkylation sites (N-methyl/N-ethyl adjacent to an activating group) is 1. The quantitative estimate of drug-likeness (QED) is 0.820. The molecule has 122 valence electrons. The monoisotopic (exact) mass is 313 g/mol. The molecule has 0 spiro atoms. The highest BCUT2D eigenvalue weighted by Crippen LogP contribution is 2.20. The maximum atomic E-state index is 12.5. The van der Waals surface area contributed by atoms with Gasteiger partial charge in [-0.2, -0.15) is 0 Å². The molecule has 0 aromatic heterocycles. The molecule has 2 aromatic rings. The Labute approximate surface area is 137 Å². The normalized spacial score (nSPS) is 11.7. The SMILES string of the molecule is COc1ccccc1CN(C)C(=O)[C@H](C)Oc1ccc(C)cc1. The number of hydrogen-bond acceptors (Lipinski definition) is 3. The number of para-hydroxylation sites is 1. The van der Waals surface area contributed by atoms with Crippen molar-refractivity contribution in [1.82, 2.24) is 4.90 Å². The Morgan fingerprint density at radius 1 is 1.13 bits per heavy atom. The highest BCUT2D eigenvalue weighted by atomic mass is 16.5. The first-order chi connectivity index (χ1) is 11.0. The summed E-state index contributed by atoms with van der Waals surface area (Å²) in [5.74, 6) is 1.40. The number of ether oxygens (including phenoxy) is 2. The molecule has 0 fully saturated rings. The predicted molar refractivity (Wildman–Crippen MR) is 90.7 cm³/mol. The fourth-order valence-corrected chi connectivity index (χ4v) is 2.35. The van der Waals surface area contributed by atoms with Crippen LogP contribution < -0.4 is 9.47 Å². The summed E-state index contributed by atoms with van der Waals surface area (Å²) in [6.45, 7) is 4.25. The van der Waals surface area contributed by atoms with Gasteiger partial charge in [0.05, 0.1) is 7.11 Å². The lowest BCUT2D eigenvalue weighted by molar-refractivity contribution is -0.137. The number of rotatable bonds is 6. The van der Waals surface area contributed by atoms with Gasteiger partial charge in [-0.3, -0.25) is 4.79 Å². The Morgan fingerprint density at radius 2 is 1.78 bits per heavy atom. The van der Waals surface area contributed by atoms with Crippen molar-refractivity contribution >= 4 is 5.91 Å². The van der Waals surface area contributed by atoms with E-state index in [0.29, 0.717) is 12.3 Å². The van der Waals surface area contributed by atoms with E-state index >= 15 is 0 Å². The number of amides is 1. The van der Waals surface area contributed by atoms with E-state index in [0.717, 1.165) is 16.9 Å². The summed E-state index contributed by atoms with van der Waals surface area (Å²) in [5.41, 5.74) is 2.12. The number of aryl methyl sites for hydroxylation is 1. The van der Waals surface area contributed by atoms with Crippen molar-refractivity contribution in [1.29, 1.82) is 0 Å². The van der Waals surface area contributed by atoms with E-state index in [2.05, 4.69) is 0 Å². The molecule has 2 rings (SSSR count). The topological polar surface area (TPSA) is 38.8 Å². The molecule has 4 nitrogen and oxygen atoms in total. The van der Waals surface area contributed by atoms with Gasteiger partial charge in [0.15, 0.2) is 6.10 Å². The van der Waals surface area contributed by atoms with Crippen molar-refractivity contribution < 1.29 is 14.3 Å². The molecule has 0 radical (unpaired) electrons. The molecular weight excluding hydrogens is 290 g/mol. The second-order valence-electron chi connectivity index (χ2n) is 5.58. The molecule has 0 saturated carbocycles. The Morgan fingerprint density at radius 3 is 2.43 bits per heavy atom. The maximum Gasteiger partial charge on any atom is 0.263 e. The first-order valence-electron chi connectivity index (χ1n) is 7.61. The third kappa shape index (κ3) is 4.49. The summed E-state index contributed by atoms with van der Waals surface area (Å²) >= 11 is 0. The van der Waals surface area contributed by atoms with Crippen LogP contribution in [0.4, 0.5) is 0 Å². The first kappa shape index (κ1) is 16.9. The van der Waals surface area contributed by atoms with Gasteiger partial charge in [-0.15, -0.1) is 0 Å². The van der Waals surface area contributed by atoms with Crippen LogP contribution in [0.5, 0.6) is 11.5 Å². The van der Waals surface area contributed by atoms with E-state index in [1.54, 1.807) is 26.0 Å². The molecule has 4 heteroatoms. The van der Waals surface area contributed by atoms with Crippen molar-refractivity contribution in [2.75, 3.05) is 14.2 Å². The highest BCUT2D eigenvalue weighted by Gasteiger charge is 2.20. The molecule has 0 unspecified atom stereocenters. The number of nitrogens with zero attached hydrogens (tertiary/aromatic N) is 1. The summed E-state index contributed by atoms with van der Waals surface area (Å²) in [4.78, 5) is 14.1. The molecular formula is C19H23NO3. The second kappa shape index (κ2) is 7.68. The summed E-state index contributed by atoms with van der Waals surface area (Å²) in [5, 5.41) is 0. The number of carbonyl (C=O) groups is 1. The van der Waals surface area contributed by atoms with Crippen LogP contribution in [-0.2, 0) is 11.3 Å². The molecule has 0 aliphatic carbocycles. The van der Waals surface area contributed by atoms with Gasteiger partial charge in [0, 0.05) is 19.2 Å². The zero-order valence-corrected chi connectivity index (χ0v) is 14.1. The van der Waals surface area contributed by atoms with Crippen LogP contribution in [0.1, 0.15) is 18.1 Å². The van der Waals surface area contributed by atoms with Gasteiger partial charge in [0.2, 0.25) is 0 Å². The fraction of sp³-hybridized carbons (Fsp3) is 0.316. The lowest BCUT2D eigenvalue weighted by Gasteiger charge is -2.23. The van der Waals surface area contributed by atoms with Crippen molar-refractivity contribution in [3.63, 3.8) is 0 Å². The molecule has 0 aliphatic rings. The zero-order chi connectivity index (χ0) is 16.8. The van der Waals surface area contributed by atoms with Crippen LogP contribution in [0.25, 0.3) is 0 Å². The minimum absolute atomic E-state index is 0.0727. The van der Waals surface area contributed by atoms with Crippen LogP contribution in [0.2, 0.25) is 0 Å². The minimum Gasteiger partial charge on any atom is -0.496 e. The van der Waals surface area contributed by atoms with E-state index in [4.69, 9.17) is 9.47 Å². The smallest absolute Gasteiger partial charge is 0.263 e. The van der Waals surface area contributed by atoms with Crippen molar-refractivity contribution in [3.05, 3.63) is 59.7 Å². The molecule has 0 saturated heterocycles. The van der Waals surface area contributed by atoms with Gasteiger partial charge < -0.3 is 14.4 Å². The first-order valence-corrected chi connectivity index (χ1v) is 7.61. The Balaban J connectivity index is 1.99. The maximum absolute atomic E-state index is 12.5. The highest BCUT2D eigenvalue weighted by molar-refractivity contribution is 5.80. The molecule has 0 N–H and O–H groups in total. The largest absolute Gasteiger partial charge is 0.496 e. The molecule has 0 bridgehead atoms. The van der Waals surface area contributed by atoms with Crippen molar-refractivity contribution in [2.45, 2.75) is 26.5 Å². The molecule has 1 atom stereocenters. The standard InChI is InChI=1S/C19H23NO3/c1-14-9-11-17(12-10-14)23-15(2)19(21)20(3)13-16-7-5-6-8-18(16)22-4/h5-12,15H,13H2,1-4H3/t15-/m0/s1. The number of methoxy groups -OCH3 is 1. The van der Waals surface area contributed by atoms with Gasteiger partial charge in [-0.1, -0.05) is 35.9 Å². The Kier molecular flexibility index (Phi) is 5.63. The summed E-state index contributed by atoms with van der Waals surface area (Å²) in [6, 6.07) is 15.4. The molecule has 0 heterocycles. The summed E-state index contributed by atoms with van der Waals surface area (Å²) < 4.78 is 11.0. The Bertz CT molecular complexity index is 652. The fourth-order valence-electron chi connectivity index (χ4n) is 2.35. The van der Waals surface area contributed by atoms with E-state index in [-0.39, 0.29) is 5.91 Å². The number of hydrogen-bond donors (Lipinski definition) is 0. The summed E-state index contributed by atoms with van der Waals surface area (Å²) in [6.07, 6.45) is -0.544. The molecule has 0 aliphatic heterocycles. The minimum atomic E-state index is -0.544. The van der Waals surface area contributed by atoms with E-state index in [9.17, 15) is 4.79 Å². The second-order valence-corrected chi connectivity index (χ2v) is 5.58. The number of benzene rings is 2. The summed E-state index contributed by atoms with van der Waals surface area (Å²) in [7, 11) is 3.40. The van der Waals surface area contributed by atoms with Gasteiger partial charge >= 0.3 is 0 Å². The van der Waals surface area contributed by atoms with Gasteiger partial charge in [0.1, 0.15) is 11.5 Å². The van der Waals surface area contributed by atoms with Gasteiger partial charge in [-0.05, 0) is 32.0 Å². The van der Waals surface area contributed by atoms with Crippen molar-refractivity contribution in [3.8, 4) is 11.5 Å². The van der Waals surface area contributed by atoms with Crippen LogP contribution in [0, 0.1) is 6.92 Å². The zero-order valence-electron chi connectivity index (χ0n) is 14.1. The number of carbonyl (C=O) groups excluding carboxylic acids is 1. The van der Waals surface area contributed by atoms with Gasteiger partial charge in [-0.25, -0.2) is 0 Å². The molecule has 1 amide bonds. The third-order valence-corrected chi connectivity index (χ3v) is 3.66.